The molecule has 1 fully saturated rings. The van der Waals surface area contributed by atoms with Crippen molar-refractivity contribution >= 4 is 23.5 Å². The Morgan fingerprint density at radius 1 is 1.20 bits per heavy atom. The van der Waals surface area contributed by atoms with E-state index >= 15 is 0 Å². The maximum Gasteiger partial charge on any atom is 0.335 e. The standard InChI is InChI=1S/C18H24N2O5/c1-3-20(4-2)17(22)13-7-9-14(10-8-13)19-16(21)12-25-18(23)15-6-5-11-24-15/h7-10,15H,3-6,11-12H2,1-2H3,(H,19,21)/t15-/m1/s1. The van der Waals surface area contributed by atoms with Crippen LogP contribution in [0.1, 0.15) is 37.0 Å². The number of rotatable bonds is 7. The summed E-state index contributed by atoms with van der Waals surface area (Å²) < 4.78 is 10.1. The summed E-state index contributed by atoms with van der Waals surface area (Å²) in [5.41, 5.74) is 1.10. The molecule has 1 heterocycles. The number of carbonyl (C=O) groups is 3. The molecule has 1 saturated heterocycles. The second-order valence-corrected chi connectivity index (χ2v) is 5.71. The second kappa shape index (κ2) is 9.17. The summed E-state index contributed by atoms with van der Waals surface area (Å²) >= 11 is 0. The molecule has 0 unspecified atom stereocenters. The molecule has 2 rings (SSSR count). The zero-order chi connectivity index (χ0) is 18.2. The first-order valence-corrected chi connectivity index (χ1v) is 8.52. The minimum atomic E-state index is -0.557. The van der Waals surface area contributed by atoms with Gasteiger partial charge in [0.1, 0.15) is 0 Å². The number of esters is 1. The highest BCUT2D eigenvalue weighted by Gasteiger charge is 2.25. The molecular weight excluding hydrogens is 324 g/mol. The molecule has 0 bridgehead atoms. The third-order valence-corrected chi connectivity index (χ3v) is 4.00. The van der Waals surface area contributed by atoms with Crippen LogP contribution >= 0.6 is 0 Å². The fourth-order valence-corrected chi connectivity index (χ4v) is 2.58. The Morgan fingerprint density at radius 2 is 1.88 bits per heavy atom. The highest BCUT2D eigenvalue weighted by Crippen LogP contribution is 2.14. The van der Waals surface area contributed by atoms with Gasteiger partial charge in [-0.15, -0.1) is 0 Å². The third kappa shape index (κ3) is 5.29. The average molecular weight is 348 g/mol. The van der Waals surface area contributed by atoms with Gasteiger partial charge in [0.05, 0.1) is 0 Å². The van der Waals surface area contributed by atoms with Gasteiger partial charge in [0.15, 0.2) is 12.7 Å². The number of hydrogen-bond acceptors (Lipinski definition) is 5. The topological polar surface area (TPSA) is 84.9 Å². The molecule has 1 aromatic rings. The quantitative estimate of drug-likeness (QED) is 0.760. The first kappa shape index (κ1) is 18.9. The van der Waals surface area contributed by atoms with Gasteiger partial charge in [-0.3, -0.25) is 9.59 Å². The zero-order valence-electron chi connectivity index (χ0n) is 14.6. The lowest BCUT2D eigenvalue weighted by molar-refractivity contribution is -0.156. The Balaban J connectivity index is 1.82. The summed E-state index contributed by atoms with van der Waals surface area (Å²) in [5.74, 6) is -0.990. The van der Waals surface area contributed by atoms with Crippen molar-refractivity contribution in [2.45, 2.75) is 32.8 Å². The van der Waals surface area contributed by atoms with Crippen molar-refractivity contribution < 1.29 is 23.9 Å². The number of amides is 2. The number of nitrogens with one attached hydrogen (secondary N) is 1. The molecule has 136 valence electrons. The number of ether oxygens (including phenoxy) is 2. The van der Waals surface area contributed by atoms with E-state index in [-0.39, 0.29) is 12.5 Å². The maximum atomic E-state index is 12.2. The largest absolute Gasteiger partial charge is 0.454 e. The zero-order valence-corrected chi connectivity index (χ0v) is 14.6. The highest BCUT2D eigenvalue weighted by atomic mass is 16.6. The van der Waals surface area contributed by atoms with Crippen LogP contribution in [-0.2, 0) is 19.1 Å². The lowest BCUT2D eigenvalue weighted by Crippen LogP contribution is -2.30. The molecule has 1 aromatic carbocycles. The average Bonchev–Trinajstić information content (AvgIpc) is 3.16. The summed E-state index contributed by atoms with van der Waals surface area (Å²) in [4.78, 5) is 37.5. The molecule has 7 nitrogen and oxygen atoms in total. The van der Waals surface area contributed by atoms with Crippen molar-refractivity contribution in [3.8, 4) is 0 Å². The Labute approximate surface area is 147 Å². The SMILES string of the molecule is CCN(CC)C(=O)c1ccc(NC(=O)COC(=O)[C@H]2CCCO2)cc1. The van der Waals surface area contributed by atoms with E-state index in [4.69, 9.17) is 9.47 Å². The van der Waals surface area contributed by atoms with Crippen LogP contribution in [0, 0.1) is 0 Å². The van der Waals surface area contributed by atoms with E-state index in [0.29, 0.717) is 37.4 Å². The highest BCUT2D eigenvalue weighted by molar-refractivity contribution is 5.96. The molecule has 1 atom stereocenters. The lowest BCUT2D eigenvalue weighted by atomic mass is 10.2. The molecule has 1 aliphatic rings. The number of carbonyl (C=O) groups excluding carboxylic acids is 3. The van der Waals surface area contributed by atoms with E-state index in [1.54, 1.807) is 29.2 Å². The van der Waals surface area contributed by atoms with E-state index in [0.717, 1.165) is 6.42 Å². The van der Waals surface area contributed by atoms with Gasteiger partial charge in [0.25, 0.3) is 11.8 Å². The summed E-state index contributed by atoms with van der Waals surface area (Å²) in [6, 6.07) is 6.62. The van der Waals surface area contributed by atoms with E-state index < -0.39 is 18.0 Å². The van der Waals surface area contributed by atoms with Crippen LogP contribution in [0.15, 0.2) is 24.3 Å². The fraction of sp³-hybridized carbons (Fsp3) is 0.500. The molecule has 7 heteroatoms. The Hall–Kier alpha value is -2.41. The Kier molecular flexibility index (Phi) is 6.94. The van der Waals surface area contributed by atoms with Gasteiger partial charge < -0.3 is 19.7 Å². The van der Waals surface area contributed by atoms with Crippen LogP contribution in [0.5, 0.6) is 0 Å². The number of nitrogens with zero attached hydrogens (tertiary/aromatic N) is 1. The first-order chi connectivity index (χ1) is 12.0. The van der Waals surface area contributed by atoms with Gasteiger partial charge >= 0.3 is 5.97 Å². The lowest BCUT2D eigenvalue weighted by Gasteiger charge is -2.18. The van der Waals surface area contributed by atoms with Crippen LogP contribution in [0.3, 0.4) is 0 Å². The molecule has 1 aliphatic heterocycles. The molecule has 0 spiro atoms. The fourth-order valence-electron chi connectivity index (χ4n) is 2.58. The van der Waals surface area contributed by atoms with E-state index in [1.807, 2.05) is 13.8 Å². The van der Waals surface area contributed by atoms with Crippen molar-refractivity contribution in [2.75, 3.05) is 31.6 Å². The van der Waals surface area contributed by atoms with Crippen LogP contribution in [0.25, 0.3) is 0 Å². The monoisotopic (exact) mass is 348 g/mol. The summed E-state index contributed by atoms with van der Waals surface area (Å²) in [5, 5.41) is 2.63. The molecule has 0 radical (unpaired) electrons. The third-order valence-electron chi connectivity index (χ3n) is 4.00. The number of anilines is 1. The van der Waals surface area contributed by atoms with Crippen molar-refractivity contribution in [1.82, 2.24) is 4.90 Å². The van der Waals surface area contributed by atoms with Crippen LogP contribution in [0.4, 0.5) is 5.69 Å². The van der Waals surface area contributed by atoms with Gasteiger partial charge in [0.2, 0.25) is 0 Å². The van der Waals surface area contributed by atoms with Crippen molar-refractivity contribution in [3.05, 3.63) is 29.8 Å². The first-order valence-electron chi connectivity index (χ1n) is 8.52. The van der Waals surface area contributed by atoms with E-state index in [2.05, 4.69) is 5.32 Å². The van der Waals surface area contributed by atoms with Crippen molar-refractivity contribution in [3.63, 3.8) is 0 Å². The molecule has 1 N–H and O–H groups in total. The van der Waals surface area contributed by atoms with Gasteiger partial charge in [-0.25, -0.2) is 4.79 Å². The van der Waals surface area contributed by atoms with Gasteiger partial charge in [-0.1, -0.05) is 0 Å². The molecule has 2 amide bonds. The van der Waals surface area contributed by atoms with Gasteiger partial charge in [-0.05, 0) is 51.0 Å². The molecular formula is C18H24N2O5. The smallest absolute Gasteiger partial charge is 0.335 e. The van der Waals surface area contributed by atoms with Crippen LogP contribution < -0.4 is 5.32 Å². The minimum absolute atomic E-state index is 0.0478. The number of hydrogen-bond donors (Lipinski definition) is 1. The summed E-state index contributed by atoms with van der Waals surface area (Å²) in [6.45, 7) is 5.32. The molecule has 0 aliphatic carbocycles. The molecule has 25 heavy (non-hydrogen) atoms. The van der Waals surface area contributed by atoms with Crippen LogP contribution in [0.2, 0.25) is 0 Å². The predicted octanol–water partition coefficient (Wildman–Crippen LogP) is 1.83. The van der Waals surface area contributed by atoms with E-state index in [9.17, 15) is 14.4 Å². The molecule has 0 aromatic heterocycles. The predicted molar refractivity (Wildman–Crippen MR) is 92.3 cm³/mol. The Morgan fingerprint density at radius 3 is 2.44 bits per heavy atom. The Bertz CT molecular complexity index is 604. The van der Waals surface area contributed by atoms with E-state index in [1.165, 1.54) is 0 Å². The van der Waals surface area contributed by atoms with Crippen molar-refractivity contribution in [2.24, 2.45) is 0 Å². The number of benzene rings is 1. The molecule has 0 saturated carbocycles. The van der Waals surface area contributed by atoms with Crippen LogP contribution in [-0.4, -0.2) is 55.1 Å². The minimum Gasteiger partial charge on any atom is -0.454 e. The van der Waals surface area contributed by atoms with Gasteiger partial charge in [-0.2, -0.15) is 0 Å². The summed E-state index contributed by atoms with van der Waals surface area (Å²) in [6.07, 6.45) is 0.894. The second-order valence-electron chi connectivity index (χ2n) is 5.71. The summed E-state index contributed by atoms with van der Waals surface area (Å²) in [7, 11) is 0. The maximum absolute atomic E-state index is 12.2. The normalized spacial score (nSPS) is 16.3. The van der Waals surface area contributed by atoms with Gasteiger partial charge in [0, 0.05) is 30.9 Å². The van der Waals surface area contributed by atoms with Crippen molar-refractivity contribution in [1.29, 1.82) is 0 Å².